The van der Waals surface area contributed by atoms with Crippen LogP contribution in [0, 0.1) is 10.1 Å². The molecule has 0 saturated heterocycles. The number of primary sulfonamides is 1. The van der Waals surface area contributed by atoms with Crippen molar-refractivity contribution in [2.75, 3.05) is 12.4 Å². The van der Waals surface area contributed by atoms with E-state index in [1.807, 2.05) is 0 Å². The highest BCUT2D eigenvalue weighted by atomic mass is 32.2. The van der Waals surface area contributed by atoms with Crippen LogP contribution in [0.25, 0.3) is 11.0 Å². The van der Waals surface area contributed by atoms with E-state index >= 15 is 0 Å². The van der Waals surface area contributed by atoms with E-state index in [1.165, 1.54) is 25.4 Å². The number of pyridine rings is 2. The monoisotopic (exact) mass is 389 g/mol. The number of ether oxygens (including phenoxy) is 1. The second-order valence-electron chi connectivity index (χ2n) is 5.56. The summed E-state index contributed by atoms with van der Waals surface area (Å²) in [7, 11) is -2.30. The summed E-state index contributed by atoms with van der Waals surface area (Å²) < 4.78 is 27.7. The highest BCUT2D eigenvalue weighted by Crippen LogP contribution is 2.32. The highest BCUT2D eigenvalue weighted by Gasteiger charge is 2.19. The van der Waals surface area contributed by atoms with Crippen LogP contribution >= 0.6 is 0 Å². The third-order valence-corrected chi connectivity index (χ3v) is 4.74. The van der Waals surface area contributed by atoms with Gasteiger partial charge in [-0.05, 0) is 17.7 Å². The van der Waals surface area contributed by atoms with Gasteiger partial charge in [0.15, 0.2) is 0 Å². The van der Waals surface area contributed by atoms with E-state index in [2.05, 4.69) is 15.3 Å². The average molecular weight is 389 g/mol. The number of rotatable bonds is 6. The summed E-state index contributed by atoms with van der Waals surface area (Å²) in [6.45, 7) is 0.207. The van der Waals surface area contributed by atoms with Crippen molar-refractivity contribution in [1.29, 1.82) is 0 Å². The van der Waals surface area contributed by atoms with Crippen molar-refractivity contribution in [1.82, 2.24) is 9.97 Å². The minimum absolute atomic E-state index is 0.0136. The lowest BCUT2D eigenvalue weighted by Gasteiger charge is -2.10. The summed E-state index contributed by atoms with van der Waals surface area (Å²) in [4.78, 5) is 19.0. The molecule has 0 atom stereocenters. The first kappa shape index (κ1) is 18.5. The molecule has 3 N–H and O–H groups in total. The Balaban J connectivity index is 1.95. The quantitative estimate of drug-likeness (QED) is 0.478. The van der Waals surface area contributed by atoms with Crippen molar-refractivity contribution in [2.24, 2.45) is 5.14 Å². The van der Waals surface area contributed by atoms with Crippen LogP contribution in [0.1, 0.15) is 5.56 Å². The van der Waals surface area contributed by atoms with Gasteiger partial charge >= 0.3 is 5.69 Å². The summed E-state index contributed by atoms with van der Waals surface area (Å²) in [5.74, 6) is 0.480. The first-order valence-electron chi connectivity index (χ1n) is 7.62. The first-order chi connectivity index (χ1) is 12.8. The molecule has 0 bridgehead atoms. The van der Waals surface area contributed by atoms with Crippen molar-refractivity contribution >= 4 is 32.4 Å². The molecule has 0 spiro atoms. The molecule has 0 radical (unpaired) electrons. The van der Waals surface area contributed by atoms with Crippen molar-refractivity contribution < 1.29 is 18.1 Å². The maximum absolute atomic E-state index is 11.3. The van der Waals surface area contributed by atoms with Gasteiger partial charge in [-0.3, -0.25) is 10.1 Å². The molecular formula is C16H15N5O5S. The fourth-order valence-electron chi connectivity index (χ4n) is 2.45. The Kier molecular flexibility index (Phi) is 4.88. The van der Waals surface area contributed by atoms with E-state index in [0.29, 0.717) is 22.3 Å². The maximum Gasteiger partial charge on any atom is 0.312 e. The molecule has 0 amide bonds. The second-order valence-corrected chi connectivity index (χ2v) is 7.12. The minimum Gasteiger partial charge on any atom is -0.495 e. The molecule has 0 aliphatic rings. The van der Waals surface area contributed by atoms with Crippen LogP contribution in [0.4, 0.5) is 11.4 Å². The summed E-state index contributed by atoms with van der Waals surface area (Å²) in [6, 6.07) is 7.50. The number of fused-ring (bicyclic) bond motifs is 1. The Morgan fingerprint density at radius 1 is 1.22 bits per heavy atom. The van der Waals surface area contributed by atoms with Crippen molar-refractivity contribution in [3.8, 4) is 5.75 Å². The molecule has 10 nitrogen and oxygen atoms in total. The molecule has 11 heteroatoms. The average Bonchev–Trinajstić information content (AvgIpc) is 2.64. The van der Waals surface area contributed by atoms with Crippen molar-refractivity contribution in [3.05, 3.63) is 58.4 Å². The third kappa shape index (κ3) is 3.93. The molecule has 0 aliphatic carbocycles. The van der Waals surface area contributed by atoms with Gasteiger partial charge in [-0.25, -0.2) is 23.5 Å². The van der Waals surface area contributed by atoms with Gasteiger partial charge < -0.3 is 10.1 Å². The minimum atomic E-state index is -3.78. The number of nitrogens with two attached hydrogens (primary N) is 1. The van der Waals surface area contributed by atoms with Crippen LogP contribution in [0.3, 0.4) is 0 Å². The Bertz CT molecular complexity index is 1120. The van der Waals surface area contributed by atoms with Crippen LogP contribution in [0.5, 0.6) is 5.75 Å². The lowest BCUT2D eigenvalue weighted by Crippen LogP contribution is -2.12. The van der Waals surface area contributed by atoms with Crippen LogP contribution < -0.4 is 15.2 Å². The maximum atomic E-state index is 11.3. The fourth-order valence-corrected chi connectivity index (χ4v) is 2.97. The molecule has 0 fully saturated rings. The zero-order chi connectivity index (χ0) is 19.6. The van der Waals surface area contributed by atoms with E-state index in [1.54, 1.807) is 18.2 Å². The summed E-state index contributed by atoms with van der Waals surface area (Å²) >= 11 is 0. The highest BCUT2D eigenvalue weighted by molar-refractivity contribution is 7.89. The topological polar surface area (TPSA) is 150 Å². The number of methoxy groups -OCH3 is 1. The van der Waals surface area contributed by atoms with Gasteiger partial charge in [0.05, 0.1) is 28.6 Å². The standard InChI is InChI=1S/C16H15N5O5S/c1-26-11-6-13-15(20-8-11)16(14(9-18-13)21(22)23)19-7-10-2-4-12(5-3-10)27(17,24)25/h2-6,8-9H,7H2,1H3,(H,18,19)(H2,17,24,25). The van der Waals surface area contributed by atoms with Gasteiger partial charge in [0, 0.05) is 12.6 Å². The molecule has 3 aromatic rings. The molecule has 0 saturated carbocycles. The van der Waals surface area contributed by atoms with Crippen molar-refractivity contribution in [2.45, 2.75) is 11.4 Å². The van der Waals surface area contributed by atoms with Gasteiger partial charge in [-0.2, -0.15) is 0 Å². The predicted octanol–water partition coefficient (Wildman–Crippen LogP) is 1.81. The molecule has 2 heterocycles. The van der Waals surface area contributed by atoms with E-state index in [0.717, 1.165) is 6.20 Å². The Morgan fingerprint density at radius 3 is 2.52 bits per heavy atom. The van der Waals surface area contributed by atoms with Crippen molar-refractivity contribution in [3.63, 3.8) is 0 Å². The zero-order valence-corrected chi connectivity index (χ0v) is 14.9. The fraction of sp³-hybridized carbons (Fsp3) is 0.125. The Labute approximate surface area is 154 Å². The predicted molar refractivity (Wildman–Crippen MR) is 97.9 cm³/mol. The lowest BCUT2D eigenvalue weighted by atomic mass is 10.2. The molecule has 3 rings (SSSR count). The molecule has 1 aromatic carbocycles. The number of nitrogens with zero attached hydrogens (tertiary/aromatic N) is 3. The summed E-state index contributed by atoms with van der Waals surface area (Å²) in [5, 5.41) is 19.4. The molecule has 0 unspecified atom stereocenters. The number of nitrogens with one attached hydrogen (secondary N) is 1. The smallest absolute Gasteiger partial charge is 0.312 e. The number of sulfonamides is 1. The van der Waals surface area contributed by atoms with E-state index in [9.17, 15) is 18.5 Å². The van der Waals surface area contributed by atoms with Crippen LogP contribution in [-0.4, -0.2) is 30.4 Å². The molecule has 0 aliphatic heterocycles. The molecule has 2 aromatic heterocycles. The van der Waals surface area contributed by atoms with Crippen LogP contribution in [0.2, 0.25) is 0 Å². The van der Waals surface area contributed by atoms with Gasteiger partial charge in [0.2, 0.25) is 10.0 Å². The molecule has 140 valence electrons. The van der Waals surface area contributed by atoms with Crippen LogP contribution in [0.15, 0.2) is 47.6 Å². The second kappa shape index (κ2) is 7.13. The Morgan fingerprint density at radius 2 is 1.93 bits per heavy atom. The number of anilines is 1. The van der Waals surface area contributed by atoms with Gasteiger partial charge in [0.25, 0.3) is 0 Å². The number of aromatic nitrogens is 2. The first-order valence-corrected chi connectivity index (χ1v) is 9.17. The lowest BCUT2D eigenvalue weighted by molar-refractivity contribution is -0.384. The third-order valence-electron chi connectivity index (χ3n) is 3.81. The van der Waals surface area contributed by atoms with E-state index in [4.69, 9.17) is 9.88 Å². The van der Waals surface area contributed by atoms with E-state index in [-0.39, 0.29) is 22.8 Å². The molecule has 27 heavy (non-hydrogen) atoms. The number of hydrogen-bond donors (Lipinski definition) is 2. The van der Waals surface area contributed by atoms with Gasteiger partial charge in [-0.1, -0.05) is 12.1 Å². The number of benzene rings is 1. The summed E-state index contributed by atoms with van der Waals surface area (Å²) in [6.07, 6.45) is 2.59. The SMILES string of the molecule is COc1cnc2c(NCc3ccc(S(N)(=O)=O)cc3)c([N+](=O)[O-])cnc2c1. The zero-order valence-electron chi connectivity index (χ0n) is 14.1. The number of hydrogen-bond acceptors (Lipinski definition) is 8. The van der Waals surface area contributed by atoms with Crippen LogP contribution in [-0.2, 0) is 16.6 Å². The van der Waals surface area contributed by atoms with Gasteiger partial charge in [-0.15, -0.1) is 0 Å². The normalized spacial score (nSPS) is 11.3. The van der Waals surface area contributed by atoms with E-state index < -0.39 is 14.9 Å². The Hall–Kier alpha value is -3.31. The molecular weight excluding hydrogens is 374 g/mol. The number of nitro groups is 1. The van der Waals surface area contributed by atoms with Gasteiger partial charge in [0.1, 0.15) is 23.2 Å². The summed E-state index contributed by atoms with van der Waals surface area (Å²) in [5.41, 5.74) is 1.46. The largest absolute Gasteiger partial charge is 0.495 e.